The van der Waals surface area contributed by atoms with Crippen LogP contribution in [0.1, 0.15) is 42.5 Å². The van der Waals surface area contributed by atoms with Crippen molar-refractivity contribution in [1.29, 1.82) is 0 Å². The highest BCUT2D eigenvalue weighted by atomic mass is 16.3. The van der Waals surface area contributed by atoms with E-state index in [-0.39, 0.29) is 28.9 Å². The van der Waals surface area contributed by atoms with E-state index in [9.17, 15) is 19.8 Å². The number of hydrogen-bond donors (Lipinski definition) is 2. The van der Waals surface area contributed by atoms with Gasteiger partial charge >= 0.3 is 0 Å². The van der Waals surface area contributed by atoms with Crippen LogP contribution < -0.4 is 0 Å². The summed E-state index contributed by atoms with van der Waals surface area (Å²) < 4.78 is 0. The predicted octanol–water partition coefficient (Wildman–Crippen LogP) is 1.96. The second-order valence-corrected chi connectivity index (χ2v) is 6.71. The number of para-hydroxylation sites is 1. The Bertz CT molecular complexity index is 623. The molecule has 6 nitrogen and oxygen atoms in total. The van der Waals surface area contributed by atoms with Crippen LogP contribution in [0.25, 0.3) is 0 Å². The van der Waals surface area contributed by atoms with Crippen molar-refractivity contribution in [3.8, 4) is 11.5 Å². The van der Waals surface area contributed by atoms with Crippen LogP contribution in [-0.2, 0) is 4.79 Å². The average Bonchev–Trinajstić information content (AvgIpc) is 2.59. The minimum Gasteiger partial charge on any atom is -0.504 e. The molecule has 2 amide bonds. The maximum absolute atomic E-state index is 12.5. The van der Waals surface area contributed by atoms with Gasteiger partial charge in [-0.15, -0.1) is 0 Å². The van der Waals surface area contributed by atoms with Gasteiger partial charge in [0.2, 0.25) is 5.91 Å². The Morgan fingerprint density at radius 3 is 2.58 bits per heavy atom. The van der Waals surface area contributed by atoms with E-state index in [1.807, 2.05) is 4.90 Å². The van der Waals surface area contributed by atoms with Gasteiger partial charge in [0, 0.05) is 32.6 Å². The fraction of sp³-hybridized carbons (Fsp3) is 0.556. The molecule has 1 aromatic rings. The third-order valence-electron chi connectivity index (χ3n) is 5.05. The number of amides is 2. The summed E-state index contributed by atoms with van der Waals surface area (Å²) in [4.78, 5) is 28.1. The summed E-state index contributed by atoms with van der Waals surface area (Å²) in [5.41, 5.74) is 0.139. The number of piperidine rings is 2. The van der Waals surface area contributed by atoms with Crippen LogP contribution in [0.2, 0.25) is 0 Å². The second-order valence-electron chi connectivity index (χ2n) is 6.71. The number of aromatic hydroxyl groups is 2. The fourth-order valence-electron chi connectivity index (χ4n) is 3.56. The lowest BCUT2D eigenvalue weighted by Crippen LogP contribution is -2.44. The molecular formula is C18H24N2O4. The lowest BCUT2D eigenvalue weighted by Gasteiger charge is -2.36. The van der Waals surface area contributed by atoms with E-state index in [1.54, 1.807) is 11.0 Å². The molecule has 24 heavy (non-hydrogen) atoms. The van der Waals surface area contributed by atoms with E-state index < -0.39 is 0 Å². The van der Waals surface area contributed by atoms with E-state index in [0.29, 0.717) is 25.4 Å². The highest BCUT2D eigenvalue weighted by Crippen LogP contribution is 2.30. The van der Waals surface area contributed by atoms with Gasteiger partial charge in [0.25, 0.3) is 5.91 Å². The summed E-state index contributed by atoms with van der Waals surface area (Å²) >= 11 is 0. The van der Waals surface area contributed by atoms with Crippen LogP contribution in [-0.4, -0.2) is 58.0 Å². The molecule has 0 spiro atoms. The summed E-state index contributed by atoms with van der Waals surface area (Å²) in [6, 6.07) is 4.43. The highest BCUT2D eigenvalue weighted by molar-refractivity contribution is 5.97. The molecule has 0 aliphatic carbocycles. The van der Waals surface area contributed by atoms with Crippen LogP contribution in [0.5, 0.6) is 11.5 Å². The van der Waals surface area contributed by atoms with Gasteiger partial charge in [-0.05, 0) is 43.7 Å². The first kappa shape index (κ1) is 16.6. The Hall–Kier alpha value is -2.24. The molecular weight excluding hydrogens is 308 g/mol. The maximum atomic E-state index is 12.5. The van der Waals surface area contributed by atoms with Gasteiger partial charge in [-0.2, -0.15) is 0 Å². The number of benzene rings is 1. The smallest absolute Gasteiger partial charge is 0.257 e. The molecule has 0 aromatic heterocycles. The number of phenolic OH excluding ortho intramolecular Hbond substituents is 2. The van der Waals surface area contributed by atoms with Gasteiger partial charge in [0.15, 0.2) is 11.5 Å². The number of carbonyl (C=O) groups is 2. The lowest BCUT2D eigenvalue weighted by molar-refractivity contribution is -0.134. The maximum Gasteiger partial charge on any atom is 0.257 e. The van der Waals surface area contributed by atoms with Gasteiger partial charge < -0.3 is 20.0 Å². The summed E-state index contributed by atoms with van der Waals surface area (Å²) in [6.07, 6.45) is 4.45. The van der Waals surface area contributed by atoms with Crippen molar-refractivity contribution in [2.75, 3.05) is 26.2 Å². The quantitative estimate of drug-likeness (QED) is 0.829. The van der Waals surface area contributed by atoms with Crippen LogP contribution in [0, 0.1) is 5.92 Å². The molecule has 2 N–H and O–H groups in total. The van der Waals surface area contributed by atoms with E-state index in [4.69, 9.17) is 0 Å². The van der Waals surface area contributed by atoms with E-state index in [2.05, 4.69) is 0 Å². The number of phenols is 2. The third-order valence-corrected chi connectivity index (χ3v) is 5.05. The van der Waals surface area contributed by atoms with Crippen molar-refractivity contribution in [2.45, 2.75) is 32.1 Å². The number of carbonyl (C=O) groups excluding carboxylic acids is 2. The van der Waals surface area contributed by atoms with Crippen LogP contribution in [0.4, 0.5) is 0 Å². The Labute approximate surface area is 141 Å². The predicted molar refractivity (Wildman–Crippen MR) is 88.8 cm³/mol. The van der Waals surface area contributed by atoms with E-state index in [0.717, 1.165) is 38.8 Å². The zero-order valence-corrected chi connectivity index (χ0v) is 13.8. The van der Waals surface area contributed by atoms with Crippen molar-refractivity contribution >= 4 is 11.8 Å². The zero-order chi connectivity index (χ0) is 17.1. The largest absolute Gasteiger partial charge is 0.504 e. The van der Waals surface area contributed by atoms with Crippen molar-refractivity contribution in [3.05, 3.63) is 23.8 Å². The minimum absolute atomic E-state index is 0.139. The van der Waals surface area contributed by atoms with Crippen LogP contribution in [0.15, 0.2) is 18.2 Å². The first-order valence-corrected chi connectivity index (χ1v) is 8.64. The van der Waals surface area contributed by atoms with Gasteiger partial charge in [-0.3, -0.25) is 9.59 Å². The van der Waals surface area contributed by atoms with Crippen LogP contribution in [0.3, 0.4) is 0 Å². The topological polar surface area (TPSA) is 81.1 Å². The summed E-state index contributed by atoms with van der Waals surface area (Å²) in [7, 11) is 0. The molecule has 2 heterocycles. The molecule has 2 aliphatic rings. The SMILES string of the molecule is O=C1CCCCN1CC1CCN(C(=O)c2cccc(O)c2O)CC1. The van der Waals surface area contributed by atoms with Gasteiger partial charge in [0.05, 0.1) is 5.56 Å². The molecule has 2 saturated heterocycles. The summed E-state index contributed by atoms with van der Waals surface area (Å²) in [5, 5.41) is 19.4. The Morgan fingerprint density at radius 1 is 1.12 bits per heavy atom. The second kappa shape index (κ2) is 7.11. The van der Waals surface area contributed by atoms with Gasteiger partial charge in [-0.25, -0.2) is 0 Å². The molecule has 0 radical (unpaired) electrons. The minimum atomic E-state index is -0.358. The Kier molecular flexibility index (Phi) is 4.92. The number of likely N-dealkylation sites (tertiary alicyclic amines) is 2. The Morgan fingerprint density at radius 2 is 1.88 bits per heavy atom. The molecule has 2 aliphatic heterocycles. The van der Waals surface area contributed by atoms with Crippen molar-refractivity contribution < 1.29 is 19.8 Å². The van der Waals surface area contributed by atoms with Gasteiger partial charge in [-0.1, -0.05) is 6.07 Å². The third kappa shape index (κ3) is 3.47. The van der Waals surface area contributed by atoms with Gasteiger partial charge in [0.1, 0.15) is 0 Å². The number of rotatable bonds is 3. The number of hydrogen-bond acceptors (Lipinski definition) is 4. The summed E-state index contributed by atoms with van der Waals surface area (Å²) in [6.45, 7) is 2.87. The van der Waals surface area contributed by atoms with E-state index >= 15 is 0 Å². The molecule has 0 saturated carbocycles. The van der Waals surface area contributed by atoms with E-state index in [1.165, 1.54) is 12.1 Å². The molecule has 6 heteroatoms. The first-order chi connectivity index (χ1) is 11.6. The van der Waals surface area contributed by atoms with Crippen molar-refractivity contribution in [3.63, 3.8) is 0 Å². The summed E-state index contributed by atoms with van der Waals surface area (Å²) in [5.74, 6) is -0.211. The first-order valence-electron chi connectivity index (χ1n) is 8.64. The van der Waals surface area contributed by atoms with Crippen molar-refractivity contribution in [1.82, 2.24) is 9.80 Å². The molecule has 130 valence electrons. The molecule has 2 fully saturated rings. The molecule has 3 rings (SSSR count). The number of nitrogens with zero attached hydrogens (tertiary/aromatic N) is 2. The molecule has 0 atom stereocenters. The lowest BCUT2D eigenvalue weighted by atomic mass is 9.94. The zero-order valence-electron chi connectivity index (χ0n) is 13.8. The molecule has 1 aromatic carbocycles. The monoisotopic (exact) mass is 332 g/mol. The molecule has 0 unspecified atom stereocenters. The van der Waals surface area contributed by atoms with Crippen molar-refractivity contribution in [2.24, 2.45) is 5.92 Å². The Balaban J connectivity index is 1.55. The normalized spacial score (nSPS) is 19.6. The average molecular weight is 332 g/mol. The standard InChI is InChI=1S/C18H24N2O4/c21-15-5-3-4-14(17(15)23)18(24)19-10-7-13(8-11-19)12-20-9-2-1-6-16(20)22/h3-5,13,21,23H,1-2,6-12H2. The highest BCUT2D eigenvalue weighted by Gasteiger charge is 2.28. The fourth-order valence-corrected chi connectivity index (χ4v) is 3.56. The van der Waals surface area contributed by atoms with Crippen LogP contribution >= 0.6 is 0 Å². The molecule has 0 bridgehead atoms.